The largest absolute Gasteiger partial charge is 0.460 e. The molecule has 0 bridgehead atoms. The van der Waals surface area contributed by atoms with E-state index >= 15 is 0 Å². The van der Waals surface area contributed by atoms with Crippen LogP contribution in [0.3, 0.4) is 0 Å². The van der Waals surface area contributed by atoms with E-state index in [4.69, 9.17) is 4.42 Å². The molecule has 0 saturated heterocycles. The van der Waals surface area contributed by atoms with Crippen LogP contribution in [0.4, 0.5) is 5.82 Å². The van der Waals surface area contributed by atoms with Gasteiger partial charge in [0, 0.05) is 23.9 Å². The Bertz CT molecular complexity index is 874. The summed E-state index contributed by atoms with van der Waals surface area (Å²) in [5.74, 6) is 1.62. The number of unbranched alkanes of at least 4 members (excludes halogenated alkanes) is 1. The smallest absolute Gasteiger partial charge is 0.226 e. The Morgan fingerprint density at radius 3 is 3.00 bits per heavy atom. The number of carbonyl (C=O) groups is 1. The summed E-state index contributed by atoms with van der Waals surface area (Å²) in [6.45, 7) is 4.98. The van der Waals surface area contributed by atoms with Crippen LogP contribution in [0.25, 0.3) is 11.0 Å². The van der Waals surface area contributed by atoms with Crippen molar-refractivity contribution >= 4 is 22.7 Å². The zero-order valence-electron chi connectivity index (χ0n) is 14.0. The second-order valence-electron chi connectivity index (χ2n) is 6.42. The summed E-state index contributed by atoms with van der Waals surface area (Å²) < 4.78 is 7.97. The number of anilines is 1. The second kappa shape index (κ2) is 5.82. The minimum Gasteiger partial charge on any atom is -0.460 e. The van der Waals surface area contributed by atoms with Crippen molar-refractivity contribution in [2.75, 3.05) is 5.32 Å². The summed E-state index contributed by atoms with van der Waals surface area (Å²) >= 11 is 0. The Hall–Kier alpha value is -2.56. The molecule has 0 aliphatic carbocycles. The Morgan fingerprint density at radius 2 is 2.21 bits per heavy atom. The lowest BCUT2D eigenvalue weighted by atomic mass is 9.90. The molecule has 1 aliphatic heterocycles. The van der Waals surface area contributed by atoms with Crippen LogP contribution in [-0.4, -0.2) is 15.7 Å². The maximum Gasteiger partial charge on any atom is 0.226 e. The number of hydrogen-bond acceptors (Lipinski definition) is 3. The van der Waals surface area contributed by atoms with Gasteiger partial charge in [0.05, 0.1) is 11.6 Å². The van der Waals surface area contributed by atoms with Crippen molar-refractivity contribution in [1.82, 2.24) is 9.78 Å². The number of carbonyl (C=O) groups excluding carboxylic acids is 1. The summed E-state index contributed by atoms with van der Waals surface area (Å²) in [6, 6.07) is 9.99. The number of nitrogens with zero attached hydrogens (tertiary/aromatic N) is 2. The monoisotopic (exact) mass is 323 g/mol. The van der Waals surface area contributed by atoms with Gasteiger partial charge < -0.3 is 9.73 Å². The number of furan rings is 1. The van der Waals surface area contributed by atoms with Crippen LogP contribution >= 0.6 is 0 Å². The fourth-order valence-electron chi connectivity index (χ4n) is 3.50. The van der Waals surface area contributed by atoms with E-state index in [0.29, 0.717) is 6.42 Å². The fraction of sp³-hybridized carbons (Fsp3) is 0.368. The number of amides is 1. The molecule has 1 aliphatic rings. The van der Waals surface area contributed by atoms with Gasteiger partial charge in [-0.15, -0.1) is 0 Å². The SMILES string of the molecule is CCCCn1nc(C)c2c1NC(=O)CC2c1cc2ccccc2o1. The van der Waals surface area contributed by atoms with Gasteiger partial charge in [-0.1, -0.05) is 31.5 Å². The van der Waals surface area contributed by atoms with Gasteiger partial charge in [0.15, 0.2) is 0 Å². The highest BCUT2D eigenvalue weighted by atomic mass is 16.3. The van der Waals surface area contributed by atoms with Crippen molar-refractivity contribution in [2.45, 2.75) is 45.6 Å². The summed E-state index contributed by atoms with van der Waals surface area (Å²) in [5.41, 5.74) is 2.91. The zero-order valence-corrected chi connectivity index (χ0v) is 14.0. The van der Waals surface area contributed by atoms with E-state index < -0.39 is 0 Å². The Labute approximate surface area is 140 Å². The zero-order chi connectivity index (χ0) is 16.7. The first kappa shape index (κ1) is 15.0. The van der Waals surface area contributed by atoms with Gasteiger partial charge >= 0.3 is 0 Å². The van der Waals surface area contributed by atoms with Gasteiger partial charge in [-0.05, 0) is 25.5 Å². The van der Waals surface area contributed by atoms with Crippen molar-refractivity contribution in [3.63, 3.8) is 0 Å². The molecule has 4 rings (SSSR count). The average molecular weight is 323 g/mol. The van der Waals surface area contributed by atoms with Crippen molar-refractivity contribution in [3.8, 4) is 0 Å². The minimum atomic E-state index is -0.0727. The highest BCUT2D eigenvalue weighted by Crippen LogP contribution is 2.40. The Morgan fingerprint density at radius 1 is 1.38 bits per heavy atom. The van der Waals surface area contributed by atoms with E-state index in [1.807, 2.05) is 41.9 Å². The van der Waals surface area contributed by atoms with Gasteiger partial charge in [-0.25, -0.2) is 4.68 Å². The topological polar surface area (TPSA) is 60.1 Å². The normalized spacial score (nSPS) is 17.1. The average Bonchev–Trinajstić information content (AvgIpc) is 3.13. The molecule has 2 aromatic heterocycles. The molecule has 5 heteroatoms. The van der Waals surface area contributed by atoms with Crippen LogP contribution in [0, 0.1) is 6.92 Å². The first-order valence-electron chi connectivity index (χ1n) is 8.53. The maximum absolute atomic E-state index is 12.3. The van der Waals surface area contributed by atoms with Gasteiger partial charge in [-0.2, -0.15) is 5.10 Å². The third-order valence-corrected chi connectivity index (χ3v) is 4.68. The van der Waals surface area contributed by atoms with Gasteiger partial charge in [0.25, 0.3) is 0 Å². The number of fused-ring (bicyclic) bond motifs is 2. The minimum absolute atomic E-state index is 0.0191. The highest BCUT2D eigenvalue weighted by molar-refractivity contribution is 5.94. The third-order valence-electron chi connectivity index (χ3n) is 4.68. The maximum atomic E-state index is 12.3. The van der Waals surface area contributed by atoms with Crippen molar-refractivity contribution in [1.29, 1.82) is 0 Å². The molecule has 0 saturated carbocycles. The first-order chi connectivity index (χ1) is 11.7. The lowest BCUT2D eigenvalue weighted by Gasteiger charge is -2.22. The molecule has 0 radical (unpaired) electrons. The molecule has 1 N–H and O–H groups in total. The number of para-hydroxylation sites is 1. The van der Waals surface area contributed by atoms with Crippen molar-refractivity contribution < 1.29 is 9.21 Å². The number of aryl methyl sites for hydroxylation is 2. The molecule has 3 aromatic rings. The lowest BCUT2D eigenvalue weighted by Crippen LogP contribution is -2.25. The molecule has 5 nitrogen and oxygen atoms in total. The summed E-state index contributed by atoms with van der Waals surface area (Å²) in [5, 5.41) is 8.73. The summed E-state index contributed by atoms with van der Waals surface area (Å²) in [6.07, 6.45) is 2.53. The fourth-order valence-corrected chi connectivity index (χ4v) is 3.50. The van der Waals surface area contributed by atoms with Crippen LogP contribution < -0.4 is 5.32 Å². The third kappa shape index (κ3) is 2.40. The number of aromatic nitrogens is 2. The molecule has 0 spiro atoms. The molecule has 1 amide bonds. The molecule has 24 heavy (non-hydrogen) atoms. The molecule has 1 unspecified atom stereocenters. The quantitative estimate of drug-likeness (QED) is 0.782. The van der Waals surface area contributed by atoms with E-state index in [1.165, 1.54) is 0 Å². The van der Waals surface area contributed by atoms with E-state index in [2.05, 4.69) is 17.3 Å². The molecule has 124 valence electrons. The predicted molar refractivity (Wildman–Crippen MR) is 93.2 cm³/mol. The van der Waals surface area contributed by atoms with E-state index in [9.17, 15) is 4.79 Å². The standard InChI is InChI=1S/C19H21N3O2/c1-3-4-9-22-19-18(12(2)21-22)14(11-17(23)20-19)16-10-13-7-5-6-8-15(13)24-16/h5-8,10,14H,3-4,9,11H2,1-2H3,(H,20,23). The molecular formula is C19H21N3O2. The number of nitrogens with one attached hydrogen (secondary N) is 1. The summed E-state index contributed by atoms with van der Waals surface area (Å²) in [4.78, 5) is 12.3. The number of hydrogen-bond donors (Lipinski definition) is 1. The Kier molecular flexibility index (Phi) is 3.63. The Balaban J connectivity index is 1.80. The van der Waals surface area contributed by atoms with E-state index in [-0.39, 0.29) is 11.8 Å². The van der Waals surface area contributed by atoms with Gasteiger partial charge in [0.2, 0.25) is 5.91 Å². The predicted octanol–water partition coefficient (Wildman–Crippen LogP) is 4.21. The lowest BCUT2D eigenvalue weighted by molar-refractivity contribution is -0.116. The number of benzene rings is 1. The van der Waals surface area contributed by atoms with E-state index in [1.54, 1.807) is 0 Å². The van der Waals surface area contributed by atoms with Crippen LogP contribution in [0.1, 0.15) is 49.1 Å². The highest BCUT2D eigenvalue weighted by Gasteiger charge is 2.34. The summed E-state index contributed by atoms with van der Waals surface area (Å²) in [7, 11) is 0. The van der Waals surface area contributed by atoms with E-state index in [0.717, 1.165) is 53.2 Å². The molecular weight excluding hydrogens is 302 g/mol. The molecule has 0 fully saturated rings. The van der Waals surface area contributed by atoms with Crippen LogP contribution in [-0.2, 0) is 11.3 Å². The first-order valence-corrected chi connectivity index (χ1v) is 8.53. The van der Waals surface area contributed by atoms with Crippen LogP contribution in [0.5, 0.6) is 0 Å². The van der Waals surface area contributed by atoms with Crippen molar-refractivity contribution in [2.24, 2.45) is 0 Å². The van der Waals surface area contributed by atoms with Gasteiger partial charge in [0.1, 0.15) is 17.2 Å². The second-order valence-corrected chi connectivity index (χ2v) is 6.42. The molecule has 3 heterocycles. The number of rotatable bonds is 4. The van der Waals surface area contributed by atoms with Crippen LogP contribution in [0.15, 0.2) is 34.7 Å². The molecule has 1 aromatic carbocycles. The van der Waals surface area contributed by atoms with Gasteiger partial charge in [-0.3, -0.25) is 4.79 Å². The van der Waals surface area contributed by atoms with Crippen LogP contribution in [0.2, 0.25) is 0 Å². The molecule has 1 atom stereocenters. The van der Waals surface area contributed by atoms with Crippen molar-refractivity contribution in [3.05, 3.63) is 47.3 Å².